The van der Waals surface area contributed by atoms with Crippen LogP contribution in [0.5, 0.6) is 0 Å². The average Bonchev–Trinajstić information content (AvgIpc) is 2.16. The molecule has 0 rings (SSSR count). The van der Waals surface area contributed by atoms with Gasteiger partial charge >= 0.3 is 5.97 Å². The van der Waals surface area contributed by atoms with Crippen molar-refractivity contribution in [2.24, 2.45) is 0 Å². The van der Waals surface area contributed by atoms with E-state index in [0.717, 1.165) is 0 Å². The molecule has 15 heavy (non-hydrogen) atoms. The Bertz CT molecular complexity index is 204. The minimum Gasteiger partial charge on any atom is -0.480 e. The molecule has 0 bridgehead atoms. The molecule has 0 aliphatic rings. The van der Waals surface area contributed by atoms with Crippen LogP contribution in [0.15, 0.2) is 0 Å². The molecule has 0 saturated heterocycles. The van der Waals surface area contributed by atoms with Gasteiger partial charge in [0.05, 0.1) is 26.2 Å². The molecule has 0 atom stereocenters. The molecular formula is C8H19N3O4+2. The molecule has 0 heterocycles. The maximum absolute atomic E-state index is 11.5. The molecule has 0 unspecified atom stereocenters. The summed E-state index contributed by atoms with van der Waals surface area (Å²) in [7, 11) is 0. The predicted molar refractivity (Wildman–Crippen MR) is 50.5 cm³/mol. The number of hydrogen-bond donors (Lipinski definition) is 3. The summed E-state index contributed by atoms with van der Waals surface area (Å²) in [4.78, 5) is 23.2. The topological polar surface area (TPSA) is 122 Å². The number of nitrogens with zero attached hydrogens (tertiary/aromatic N) is 1. The number of quaternary nitrogens is 2. The van der Waals surface area contributed by atoms with Gasteiger partial charge in [0.15, 0.2) is 0 Å². The van der Waals surface area contributed by atoms with Crippen LogP contribution in [-0.2, 0) is 14.3 Å². The molecule has 0 aliphatic carbocycles. The number of rotatable bonds is 8. The van der Waals surface area contributed by atoms with Crippen molar-refractivity contribution >= 4 is 11.9 Å². The van der Waals surface area contributed by atoms with Crippen LogP contribution in [0.25, 0.3) is 0 Å². The van der Waals surface area contributed by atoms with Crippen molar-refractivity contribution in [1.29, 1.82) is 0 Å². The van der Waals surface area contributed by atoms with Gasteiger partial charge in [0, 0.05) is 0 Å². The van der Waals surface area contributed by atoms with E-state index in [4.69, 9.17) is 9.84 Å². The lowest BCUT2D eigenvalue weighted by atomic mass is 10.4. The molecule has 7 heteroatoms. The van der Waals surface area contributed by atoms with Crippen LogP contribution in [0.1, 0.15) is 0 Å². The van der Waals surface area contributed by atoms with Gasteiger partial charge in [-0.2, -0.15) is 0 Å². The van der Waals surface area contributed by atoms with Crippen molar-refractivity contribution in [1.82, 2.24) is 4.90 Å². The Balaban J connectivity index is 3.85. The number of aliphatic carboxylic acids is 1. The number of ether oxygens (including phenoxy) is 1. The van der Waals surface area contributed by atoms with Crippen LogP contribution in [0, 0.1) is 0 Å². The van der Waals surface area contributed by atoms with E-state index in [1.54, 1.807) is 4.90 Å². The van der Waals surface area contributed by atoms with Gasteiger partial charge in [0.2, 0.25) is 5.91 Å². The van der Waals surface area contributed by atoms with Gasteiger partial charge in [-0.25, -0.2) is 4.79 Å². The standard InChI is InChI=1S/C8H17N3O4/c9-1-3-11(4-2-10)7(12)5-15-6-8(13)14/h1-6,9-10H2,(H,13,14)/p+2. The summed E-state index contributed by atoms with van der Waals surface area (Å²) in [5.41, 5.74) is 7.30. The van der Waals surface area contributed by atoms with Crippen molar-refractivity contribution in [2.45, 2.75) is 0 Å². The van der Waals surface area contributed by atoms with Crippen LogP contribution in [0.4, 0.5) is 0 Å². The Labute approximate surface area is 88.0 Å². The van der Waals surface area contributed by atoms with E-state index in [1.807, 2.05) is 0 Å². The highest BCUT2D eigenvalue weighted by molar-refractivity contribution is 5.78. The number of carbonyl (C=O) groups is 2. The van der Waals surface area contributed by atoms with E-state index >= 15 is 0 Å². The fraction of sp³-hybridized carbons (Fsp3) is 0.750. The highest BCUT2D eigenvalue weighted by Gasteiger charge is 2.13. The fourth-order valence-electron chi connectivity index (χ4n) is 1.06. The molecule has 0 aliphatic heterocycles. The summed E-state index contributed by atoms with van der Waals surface area (Å²) >= 11 is 0. The monoisotopic (exact) mass is 221 g/mol. The molecule has 0 aromatic rings. The fourth-order valence-corrected chi connectivity index (χ4v) is 1.06. The van der Waals surface area contributed by atoms with E-state index < -0.39 is 12.6 Å². The van der Waals surface area contributed by atoms with E-state index in [1.165, 1.54) is 0 Å². The van der Waals surface area contributed by atoms with Crippen molar-refractivity contribution in [2.75, 3.05) is 39.4 Å². The zero-order valence-corrected chi connectivity index (χ0v) is 8.78. The first-order valence-electron chi connectivity index (χ1n) is 4.77. The second-order valence-corrected chi connectivity index (χ2v) is 2.97. The summed E-state index contributed by atoms with van der Waals surface area (Å²) in [6.07, 6.45) is 0. The summed E-state index contributed by atoms with van der Waals surface area (Å²) in [6.45, 7) is 1.67. The summed E-state index contributed by atoms with van der Waals surface area (Å²) in [6, 6.07) is 0. The number of carboxylic acids is 1. The lowest BCUT2D eigenvalue weighted by Crippen LogP contribution is -2.60. The maximum atomic E-state index is 11.5. The number of carboxylic acid groups (broad SMARTS) is 1. The van der Waals surface area contributed by atoms with Gasteiger partial charge in [-0.15, -0.1) is 0 Å². The molecule has 7 N–H and O–H groups in total. The second-order valence-electron chi connectivity index (χ2n) is 2.97. The maximum Gasteiger partial charge on any atom is 0.329 e. The van der Waals surface area contributed by atoms with E-state index in [0.29, 0.717) is 26.2 Å². The highest BCUT2D eigenvalue weighted by atomic mass is 16.5. The van der Waals surface area contributed by atoms with Gasteiger partial charge in [-0.1, -0.05) is 0 Å². The summed E-state index contributed by atoms with van der Waals surface area (Å²) < 4.78 is 4.70. The van der Waals surface area contributed by atoms with Crippen LogP contribution < -0.4 is 11.5 Å². The number of carbonyl (C=O) groups excluding carboxylic acids is 1. The van der Waals surface area contributed by atoms with Gasteiger partial charge < -0.3 is 26.2 Å². The Hall–Kier alpha value is -1.18. The minimum atomic E-state index is -1.08. The van der Waals surface area contributed by atoms with Crippen LogP contribution in [0.2, 0.25) is 0 Å². The van der Waals surface area contributed by atoms with Crippen molar-refractivity contribution in [3.8, 4) is 0 Å². The van der Waals surface area contributed by atoms with Crippen LogP contribution in [-0.4, -0.2) is 61.3 Å². The third kappa shape index (κ3) is 6.83. The van der Waals surface area contributed by atoms with E-state index in [-0.39, 0.29) is 12.5 Å². The highest BCUT2D eigenvalue weighted by Crippen LogP contribution is 1.89. The average molecular weight is 221 g/mol. The zero-order chi connectivity index (χ0) is 11.7. The SMILES string of the molecule is [NH3+]CCN(CC[NH3+])C(=O)COCC(=O)O. The number of hydrogen-bond acceptors (Lipinski definition) is 3. The largest absolute Gasteiger partial charge is 0.480 e. The molecule has 0 saturated carbocycles. The molecule has 0 aromatic carbocycles. The Morgan fingerprint density at radius 3 is 2.07 bits per heavy atom. The van der Waals surface area contributed by atoms with Gasteiger partial charge in [-0.3, -0.25) is 4.79 Å². The summed E-state index contributed by atoms with van der Waals surface area (Å²) in [5, 5.41) is 8.30. The van der Waals surface area contributed by atoms with Gasteiger partial charge in [0.25, 0.3) is 0 Å². The third-order valence-corrected chi connectivity index (χ3v) is 1.66. The van der Waals surface area contributed by atoms with Crippen molar-refractivity contribution < 1.29 is 30.9 Å². The van der Waals surface area contributed by atoms with E-state index in [2.05, 4.69) is 11.5 Å². The molecule has 0 fully saturated rings. The molecule has 1 amide bonds. The number of amides is 1. The third-order valence-electron chi connectivity index (χ3n) is 1.66. The molecule has 88 valence electrons. The summed E-state index contributed by atoms with van der Waals surface area (Å²) in [5.74, 6) is -1.30. The lowest BCUT2D eigenvalue weighted by molar-refractivity contribution is -0.376. The van der Waals surface area contributed by atoms with Crippen molar-refractivity contribution in [3.63, 3.8) is 0 Å². The first-order valence-corrected chi connectivity index (χ1v) is 4.77. The predicted octanol–water partition coefficient (Wildman–Crippen LogP) is -3.60. The molecule has 0 spiro atoms. The normalized spacial score (nSPS) is 10.0. The van der Waals surface area contributed by atoms with Crippen LogP contribution >= 0.6 is 0 Å². The smallest absolute Gasteiger partial charge is 0.329 e. The quantitative estimate of drug-likeness (QED) is 0.392. The lowest BCUT2D eigenvalue weighted by Gasteiger charge is -2.18. The Morgan fingerprint density at radius 1 is 1.13 bits per heavy atom. The van der Waals surface area contributed by atoms with Crippen molar-refractivity contribution in [3.05, 3.63) is 0 Å². The van der Waals surface area contributed by atoms with Gasteiger partial charge in [0.1, 0.15) is 13.2 Å². The van der Waals surface area contributed by atoms with E-state index in [9.17, 15) is 9.59 Å². The first kappa shape index (κ1) is 13.8. The molecule has 0 radical (unpaired) electrons. The second kappa shape index (κ2) is 8.16. The Morgan fingerprint density at radius 2 is 1.67 bits per heavy atom. The van der Waals surface area contributed by atoms with Crippen LogP contribution in [0.3, 0.4) is 0 Å². The molecule has 7 nitrogen and oxygen atoms in total. The zero-order valence-electron chi connectivity index (χ0n) is 8.78. The molecular weight excluding hydrogens is 202 g/mol. The minimum absolute atomic E-state index is 0.202. The van der Waals surface area contributed by atoms with Gasteiger partial charge in [-0.05, 0) is 0 Å². The molecule has 0 aromatic heterocycles. The first-order chi connectivity index (χ1) is 7.11. The Kier molecular flexibility index (Phi) is 7.51.